The van der Waals surface area contributed by atoms with Crippen molar-refractivity contribution in [1.82, 2.24) is 20.0 Å². The lowest BCUT2D eigenvalue weighted by molar-refractivity contribution is 0.0953. The van der Waals surface area contributed by atoms with Gasteiger partial charge in [0.2, 0.25) is 0 Å². The van der Waals surface area contributed by atoms with E-state index in [-0.39, 0.29) is 29.4 Å². The molecule has 36 heavy (non-hydrogen) atoms. The number of hydrogen-bond donors (Lipinski definition) is 4. The summed E-state index contributed by atoms with van der Waals surface area (Å²) in [4.78, 5) is 22.6. The van der Waals surface area contributed by atoms with Gasteiger partial charge in [-0.05, 0) is 53.6 Å². The molecule has 0 saturated heterocycles. The number of hydrogen-bond acceptors (Lipinski definition) is 8. The monoisotopic (exact) mass is 482 g/mol. The van der Waals surface area contributed by atoms with E-state index in [0.717, 1.165) is 11.3 Å². The van der Waals surface area contributed by atoms with Gasteiger partial charge in [0.15, 0.2) is 17.1 Å². The lowest BCUT2D eigenvalue weighted by atomic mass is 10.2. The molecule has 0 unspecified atom stereocenters. The number of phenolic OH excluding ortho intramolecular Hbond substituents is 2. The Morgan fingerprint density at radius 1 is 1.06 bits per heavy atom. The number of aromatic hydroxyl groups is 2. The number of fused-ring (bicyclic) bond motifs is 2. The maximum absolute atomic E-state index is 13.3. The third-order valence-electron chi connectivity index (χ3n) is 5.63. The van der Waals surface area contributed by atoms with Gasteiger partial charge in [-0.3, -0.25) is 4.79 Å². The van der Waals surface area contributed by atoms with Gasteiger partial charge in [-0.15, -0.1) is 0 Å². The number of benzene rings is 3. The van der Waals surface area contributed by atoms with E-state index >= 15 is 0 Å². The summed E-state index contributed by atoms with van der Waals surface area (Å²) in [5.41, 5.74) is 9.79. The number of rotatable bonds is 6. The molecule has 10 nitrogen and oxygen atoms in total. The lowest BCUT2D eigenvalue weighted by Crippen LogP contribution is -2.23. The first-order chi connectivity index (χ1) is 17.4. The van der Waals surface area contributed by atoms with Crippen molar-refractivity contribution in [1.29, 1.82) is 0 Å². The number of nitrogen functional groups attached to an aromatic ring is 1. The second-order valence-electron chi connectivity index (χ2n) is 7.98. The molecule has 2 heterocycles. The first kappa shape index (κ1) is 22.7. The molecule has 3 aromatic carbocycles. The number of methoxy groups -OCH3 is 1. The van der Waals surface area contributed by atoms with E-state index in [4.69, 9.17) is 10.5 Å². The Morgan fingerprint density at radius 3 is 2.47 bits per heavy atom. The maximum Gasteiger partial charge on any atom is 0.257 e. The standard InChI is InChI=1S/C26H22N6O4/c1-36-17-9-6-15(7-10-17)13-28-26(35)22-23-25(31-19-5-3-2-4-18(19)30-23)32(24(22)27)29-14-16-8-11-20(33)21(34)12-16/h2-12,14,33-34H,13,27H2,1H3,(H,28,35)/b29-14-. The van der Waals surface area contributed by atoms with Crippen LogP contribution in [-0.2, 0) is 6.54 Å². The van der Waals surface area contributed by atoms with Crippen LogP contribution < -0.4 is 15.8 Å². The summed E-state index contributed by atoms with van der Waals surface area (Å²) in [5, 5.41) is 26.6. The number of aromatic nitrogens is 3. The van der Waals surface area contributed by atoms with Crippen LogP contribution >= 0.6 is 0 Å². The van der Waals surface area contributed by atoms with Crippen molar-refractivity contribution in [2.24, 2.45) is 5.10 Å². The van der Waals surface area contributed by atoms with E-state index in [1.54, 1.807) is 25.3 Å². The first-order valence-corrected chi connectivity index (χ1v) is 11.0. The second-order valence-corrected chi connectivity index (χ2v) is 7.98. The van der Waals surface area contributed by atoms with E-state index in [2.05, 4.69) is 20.4 Å². The molecule has 0 aliphatic rings. The Kier molecular flexibility index (Phi) is 5.83. The molecule has 5 N–H and O–H groups in total. The van der Waals surface area contributed by atoms with Crippen LogP contribution in [0.4, 0.5) is 5.82 Å². The largest absolute Gasteiger partial charge is 0.504 e. The van der Waals surface area contributed by atoms with Gasteiger partial charge in [-0.25, -0.2) is 9.97 Å². The molecular weight excluding hydrogens is 460 g/mol. The number of nitrogens with two attached hydrogens (primary N) is 1. The topological polar surface area (TPSA) is 148 Å². The molecule has 0 atom stereocenters. The zero-order valence-corrected chi connectivity index (χ0v) is 19.2. The normalized spacial score (nSPS) is 11.4. The zero-order valence-electron chi connectivity index (χ0n) is 19.2. The predicted octanol–water partition coefficient (Wildman–Crippen LogP) is 3.40. The SMILES string of the molecule is COc1ccc(CNC(=O)c2c(N)n(/N=C\c3ccc(O)c(O)c3)c3nc4ccccc4nc23)cc1. The zero-order chi connectivity index (χ0) is 25.2. The molecule has 0 aliphatic carbocycles. The van der Waals surface area contributed by atoms with E-state index < -0.39 is 5.91 Å². The molecule has 0 radical (unpaired) electrons. The van der Waals surface area contributed by atoms with Crippen LogP contribution in [0.3, 0.4) is 0 Å². The van der Waals surface area contributed by atoms with Gasteiger partial charge < -0.3 is 26.0 Å². The average Bonchev–Trinajstić information content (AvgIpc) is 3.16. The van der Waals surface area contributed by atoms with Crippen molar-refractivity contribution in [3.63, 3.8) is 0 Å². The van der Waals surface area contributed by atoms with Crippen molar-refractivity contribution < 1.29 is 19.7 Å². The van der Waals surface area contributed by atoms with Crippen molar-refractivity contribution in [2.75, 3.05) is 12.8 Å². The van der Waals surface area contributed by atoms with Crippen LogP contribution in [0.25, 0.3) is 22.2 Å². The fourth-order valence-electron chi connectivity index (χ4n) is 3.75. The van der Waals surface area contributed by atoms with Gasteiger partial charge >= 0.3 is 0 Å². The first-order valence-electron chi connectivity index (χ1n) is 11.0. The summed E-state index contributed by atoms with van der Waals surface area (Å²) in [6.07, 6.45) is 1.44. The Bertz CT molecular complexity index is 1630. The van der Waals surface area contributed by atoms with Gasteiger partial charge in [0.1, 0.15) is 22.6 Å². The van der Waals surface area contributed by atoms with Gasteiger partial charge in [0.05, 0.1) is 24.4 Å². The van der Waals surface area contributed by atoms with E-state index in [0.29, 0.717) is 27.8 Å². The van der Waals surface area contributed by atoms with Crippen molar-refractivity contribution in [2.45, 2.75) is 6.54 Å². The van der Waals surface area contributed by atoms with E-state index in [1.807, 2.05) is 36.4 Å². The third kappa shape index (κ3) is 4.23. The summed E-state index contributed by atoms with van der Waals surface area (Å²) in [6.45, 7) is 0.270. The number of ether oxygens (including phenoxy) is 1. The Hall–Kier alpha value is -5.12. The van der Waals surface area contributed by atoms with E-state index in [9.17, 15) is 15.0 Å². The summed E-state index contributed by atoms with van der Waals surface area (Å²) in [7, 11) is 1.59. The smallest absolute Gasteiger partial charge is 0.257 e. The highest BCUT2D eigenvalue weighted by Gasteiger charge is 2.24. The molecule has 0 bridgehead atoms. The average molecular weight is 483 g/mol. The Labute approximate surface area is 205 Å². The van der Waals surface area contributed by atoms with Crippen LogP contribution in [0.15, 0.2) is 71.8 Å². The molecule has 0 saturated carbocycles. The highest BCUT2D eigenvalue weighted by Crippen LogP contribution is 2.28. The number of nitrogens with one attached hydrogen (secondary N) is 1. The number of carbonyl (C=O) groups excluding carboxylic acids is 1. The number of para-hydroxylation sites is 2. The van der Waals surface area contributed by atoms with Gasteiger partial charge in [-0.2, -0.15) is 9.78 Å². The quantitative estimate of drug-likeness (QED) is 0.214. The molecule has 0 aliphatic heterocycles. The van der Waals surface area contributed by atoms with Crippen LogP contribution in [0, 0.1) is 0 Å². The molecule has 5 aromatic rings. The third-order valence-corrected chi connectivity index (χ3v) is 5.63. The van der Waals surface area contributed by atoms with Crippen molar-refractivity contribution in [3.05, 3.63) is 83.4 Å². The number of anilines is 1. The van der Waals surface area contributed by atoms with Crippen molar-refractivity contribution in [3.8, 4) is 17.2 Å². The molecule has 5 rings (SSSR count). The van der Waals surface area contributed by atoms with Crippen LogP contribution in [0.1, 0.15) is 21.5 Å². The lowest BCUT2D eigenvalue weighted by Gasteiger charge is -2.07. The Balaban J connectivity index is 1.55. The summed E-state index contributed by atoms with van der Waals surface area (Å²) < 4.78 is 6.51. The molecule has 0 fully saturated rings. The van der Waals surface area contributed by atoms with Crippen LogP contribution in [0.5, 0.6) is 17.2 Å². The fraction of sp³-hybridized carbons (Fsp3) is 0.0769. The highest BCUT2D eigenvalue weighted by molar-refractivity contribution is 6.10. The number of amides is 1. The van der Waals surface area contributed by atoms with E-state index in [1.165, 1.54) is 23.0 Å². The van der Waals surface area contributed by atoms with Crippen LogP contribution in [-0.4, -0.2) is 44.1 Å². The summed E-state index contributed by atoms with van der Waals surface area (Å²) >= 11 is 0. The van der Waals surface area contributed by atoms with Gasteiger partial charge in [0.25, 0.3) is 5.91 Å². The summed E-state index contributed by atoms with van der Waals surface area (Å²) in [6, 6.07) is 18.9. The molecule has 1 amide bonds. The van der Waals surface area contributed by atoms with Gasteiger partial charge in [0, 0.05) is 6.54 Å². The maximum atomic E-state index is 13.3. The fourth-order valence-corrected chi connectivity index (χ4v) is 3.75. The molecule has 180 valence electrons. The molecule has 10 heteroatoms. The van der Waals surface area contributed by atoms with Crippen molar-refractivity contribution >= 4 is 40.1 Å². The predicted molar refractivity (Wildman–Crippen MR) is 136 cm³/mol. The Morgan fingerprint density at radius 2 is 1.78 bits per heavy atom. The molecule has 2 aromatic heterocycles. The summed E-state index contributed by atoms with van der Waals surface area (Å²) in [5.74, 6) is -0.167. The molecular formula is C26H22N6O4. The minimum Gasteiger partial charge on any atom is -0.504 e. The number of carbonyl (C=O) groups is 1. The highest BCUT2D eigenvalue weighted by atomic mass is 16.5. The van der Waals surface area contributed by atoms with Crippen LogP contribution in [0.2, 0.25) is 0 Å². The number of nitrogens with zero attached hydrogens (tertiary/aromatic N) is 4. The number of phenols is 2. The second kappa shape index (κ2) is 9.26. The van der Waals surface area contributed by atoms with Gasteiger partial charge in [-0.1, -0.05) is 24.3 Å². The molecule has 0 spiro atoms. The minimum absolute atomic E-state index is 0.0618. The minimum atomic E-state index is -0.422.